The Kier molecular flexibility index (Phi) is 3.99. The number of rotatable bonds is 3. The molecule has 18 heavy (non-hydrogen) atoms. The largest absolute Gasteiger partial charge is 0.389 e. The molecule has 2 rings (SSSR count). The smallest absolute Gasteiger partial charge is 0.0772 e. The van der Waals surface area contributed by atoms with E-state index in [2.05, 4.69) is 25.2 Å². The molecule has 0 aliphatic heterocycles. The van der Waals surface area contributed by atoms with Crippen LogP contribution in [0.2, 0.25) is 0 Å². The minimum Gasteiger partial charge on any atom is -0.389 e. The Labute approximate surface area is 111 Å². The van der Waals surface area contributed by atoms with Crippen LogP contribution in [0.1, 0.15) is 58.8 Å². The van der Waals surface area contributed by atoms with Crippen molar-refractivity contribution in [1.29, 1.82) is 5.26 Å². The van der Waals surface area contributed by atoms with E-state index in [1.807, 2.05) is 0 Å². The van der Waals surface area contributed by atoms with E-state index < -0.39 is 5.60 Å². The molecule has 0 aromatic rings. The van der Waals surface area contributed by atoms with E-state index in [9.17, 15) is 5.11 Å². The van der Waals surface area contributed by atoms with Gasteiger partial charge in [-0.1, -0.05) is 20.3 Å². The molecule has 2 atom stereocenters. The van der Waals surface area contributed by atoms with Crippen LogP contribution in [-0.4, -0.2) is 23.3 Å². The fourth-order valence-corrected chi connectivity index (χ4v) is 3.25. The van der Waals surface area contributed by atoms with Gasteiger partial charge in [-0.05, 0) is 43.9 Å². The van der Waals surface area contributed by atoms with E-state index in [1.165, 1.54) is 0 Å². The molecule has 2 N–H and O–H groups in total. The first-order valence-corrected chi connectivity index (χ1v) is 7.30. The van der Waals surface area contributed by atoms with Gasteiger partial charge in [0.15, 0.2) is 0 Å². The standard InChI is InChI=1S/C15H26N2O/c1-14(2)6-8-15(18,9-7-14)11-17-13-5-3-4-12(13)10-16/h12-13,17-18H,3-9,11H2,1-2H3. The van der Waals surface area contributed by atoms with Crippen LogP contribution in [0.25, 0.3) is 0 Å². The molecule has 0 amide bonds. The number of hydrogen-bond donors (Lipinski definition) is 2. The van der Waals surface area contributed by atoms with Crippen LogP contribution in [-0.2, 0) is 0 Å². The Hall–Kier alpha value is -0.590. The molecule has 3 nitrogen and oxygen atoms in total. The van der Waals surface area contributed by atoms with Crippen LogP contribution in [0.3, 0.4) is 0 Å². The fourth-order valence-electron chi connectivity index (χ4n) is 3.25. The predicted molar refractivity (Wildman–Crippen MR) is 71.9 cm³/mol. The van der Waals surface area contributed by atoms with Crippen molar-refractivity contribution >= 4 is 0 Å². The molecular weight excluding hydrogens is 224 g/mol. The van der Waals surface area contributed by atoms with Crippen molar-refractivity contribution in [2.45, 2.75) is 70.4 Å². The highest BCUT2D eigenvalue weighted by atomic mass is 16.3. The van der Waals surface area contributed by atoms with Gasteiger partial charge in [0.1, 0.15) is 0 Å². The van der Waals surface area contributed by atoms with Gasteiger partial charge in [0.25, 0.3) is 0 Å². The third-order valence-electron chi connectivity index (χ3n) is 4.91. The average Bonchev–Trinajstić information content (AvgIpc) is 2.79. The quantitative estimate of drug-likeness (QED) is 0.809. The molecule has 3 heteroatoms. The van der Waals surface area contributed by atoms with Crippen LogP contribution in [0.5, 0.6) is 0 Å². The number of nitriles is 1. The van der Waals surface area contributed by atoms with Crippen molar-refractivity contribution < 1.29 is 5.11 Å². The van der Waals surface area contributed by atoms with Crippen LogP contribution in [0.4, 0.5) is 0 Å². The molecule has 0 saturated heterocycles. The zero-order valence-corrected chi connectivity index (χ0v) is 11.7. The van der Waals surface area contributed by atoms with Crippen molar-refractivity contribution in [1.82, 2.24) is 5.32 Å². The normalized spacial score (nSPS) is 34.1. The summed E-state index contributed by atoms with van der Waals surface area (Å²) in [6.45, 7) is 5.22. The summed E-state index contributed by atoms with van der Waals surface area (Å²) < 4.78 is 0. The second-order valence-corrected chi connectivity index (χ2v) is 7.04. The Morgan fingerprint density at radius 2 is 1.89 bits per heavy atom. The summed E-state index contributed by atoms with van der Waals surface area (Å²) in [5.41, 5.74) is -0.160. The maximum Gasteiger partial charge on any atom is 0.0772 e. The van der Waals surface area contributed by atoms with E-state index in [1.54, 1.807) is 0 Å². The van der Waals surface area contributed by atoms with Gasteiger partial charge < -0.3 is 10.4 Å². The van der Waals surface area contributed by atoms with Gasteiger partial charge in [0.2, 0.25) is 0 Å². The van der Waals surface area contributed by atoms with Gasteiger partial charge in [0, 0.05) is 12.6 Å². The van der Waals surface area contributed by atoms with E-state index in [0.29, 0.717) is 18.0 Å². The zero-order valence-electron chi connectivity index (χ0n) is 11.7. The number of nitrogens with zero attached hydrogens (tertiary/aromatic N) is 1. The molecule has 0 aromatic heterocycles. The molecule has 2 aliphatic carbocycles. The minimum absolute atomic E-state index is 0.147. The summed E-state index contributed by atoms with van der Waals surface area (Å²) in [6.07, 6.45) is 7.20. The summed E-state index contributed by atoms with van der Waals surface area (Å²) in [5.74, 6) is 0.147. The van der Waals surface area contributed by atoms with Gasteiger partial charge in [0.05, 0.1) is 17.6 Å². The van der Waals surface area contributed by atoms with Crippen LogP contribution in [0, 0.1) is 22.7 Å². The third-order valence-corrected chi connectivity index (χ3v) is 4.91. The van der Waals surface area contributed by atoms with Crippen LogP contribution in [0.15, 0.2) is 0 Å². The van der Waals surface area contributed by atoms with E-state index in [-0.39, 0.29) is 5.92 Å². The van der Waals surface area contributed by atoms with Crippen LogP contribution < -0.4 is 5.32 Å². The summed E-state index contributed by atoms with van der Waals surface area (Å²) in [5, 5.41) is 23.1. The molecule has 2 fully saturated rings. The molecule has 0 aromatic carbocycles. The fraction of sp³-hybridized carbons (Fsp3) is 0.933. The molecule has 0 radical (unpaired) electrons. The first-order chi connectivity index (χ1) is 8.44. The van der Waals surface area contributed by atoms with Crippen molar-refractivity contribution in [2.24, 2.45) is 11.3 Å². The minimum atomic E-state index is -0.544. The lowest BCUT2D eigenvalue weighted by molar-refractivity contribution is -0.0264. The lowest BCUT2D eigenvalue weighted by atomic mass is 9.71. The topological polar surface area (TPSA) is 56.0 Å². The van der Waals surface area contributed by atoms with Crippen molar-refractivity contribution in [3.63, 3.8) is 0 Å². The number of nitrogens with one attached hydrogen (secondary N) is 1. The Morgan fingerprint density at radius 1 is 1.22 bits per heavy atom. The summed E-state index contributed by atoms with van der Waals surface area (Å²) >= 11 is 0. The number of hydrogen-bond acceptors (Lipinski definition) is 3. The molecule has 102 valence electrons. The molecule has 2 aliphatic rings. The average molecular weight is 250 g/mol. The summed E-state index contributed by atoms with van der Waals surface area (Å²) in [4.78, 5) is 0. The lowest BCUT2D eigenvalue weighted by Crippen LogP contribution is -2.48. The third kappa shape index (κ3) is 3.24. The molecule has 0 heterocycles. The van der Waals surface area contributed by atoms with E-state index >= 15 is 0 Å². The van der Waals surface area contributed by atoms with Crippen molar-refractivity contribution in [3.05, 3.63) is 0 Å². The zero-order chi connectivity index (χ0) is 13.2. The molecule has 0 bridgehead atoms. The Balaban J connectivity index is 1.81. The van der Waals surface area contributed by atoms with Gasteiger partial charge in [-0.25, -0.2) is 0 Å². The Morgan fingerprint density at radius 3 is 2.50 bits per heavy atom. The predicted octanol–water partition coefficient (Wildman–Crippen LogP) is 2.60. The van der Waals surface area contributed by atoms with Gasteiger partial charge in [-0.2, -0.15) is 5.26 Å². The van der Waals surface area contributed by atoms with Gasteiger partial charge in [-0.3, -0.25) is 0 Å². The maximum absolute atomic E-state index is 10.6. The molecular formula is C15H26N2O. The van der Waals surface area contributed by atoms with Gasteiger partial charge in [-0.15, -0.1) is 0 Å². The molecule has 2 saturated carbocycles. The lowest BCUT2D eigenvalue weighted by Gasteiger charge is -2.41. The van der Waals surface area contributed by atoms with Crippen molar-refractivity contribution in [2.75, 3.05) is 6.54 Å². The highest BCUT2D eigenvalue weighted by Gasteiger charge is 2.37. The molecule has 0 spiro atoms. The summed E-state index contributed by atoms with van der Waals surface area (Å²) in [7, 11) is 0. The first-order valence-electron chi connectivity index (χ1n) is 7.30. The van der Waals surface area contributed by atoms with Crippen molar-refractivity contribution in [3.8, 4) is 6.07 Å². The maximum atomic E-state index is 10.6. The van der Waals surface area contributed by atoms with E-state index in [0.717, 1.165) is 44.9 Å². The van der Waals surface area contributed by atoms with Gasteiger partial charge >= 0.3 is 0 Å². The van der Waals surface area contributed by atoms with Crippen LogP contribution >= 0.6 is 0 Å². The number of aliphatic hydroxyl groups is 1. The first kappa shape index (κ1) is 13.8. The highest BCUT2D eigenvalue weighted by molar-refractivity contribution is 4.98. The molecule has 2 unspecified atom stereocenters. The second-order valence-electron chi connectivity index (χ2n) is 7.04. The Bertz CT molecular complexity index is 322. The summed E-state index contributed by atoms with van der Waals surface area (Å²) in [6, 6.07) is 2.68. The monoisotopic (exact) mass is 250 g/mol. The highest BCUT2D eigenvalue weighted by Crippen LogP contribution is 2.40. The second kappa shape index (κ2) is 5.19. The SMILES string of the molecule is CC1(C)CCC(O)(CNC2CCCC2C#N)CC1. The van der Waals surface area contributed by atoms with E-state index in [4.69, 9.17) is 5.26 Å².